The van der Waals surface area contributed by atoms with E-state index in [0.717, 1.165) is 43.8 Å². The third-order valence-electron chi connectivity index (χ3n) is 5.51. The molecule has 2 atom stereocenters. The number of amides is 1. The van der Waals surface area contributed by atoms with Crippen LogP contribution in [0.5, 0.6) is 5.75 Å². The molecule has 142 valence electrons. The fourth-order valence-corrected chi connectivity index (χ4v) is 4.39. The fraction of sp³-hybridized carbons (Fsp3) is 0.435. The summed E-state index contributed by atoms with van der Waals surface area (Å²) in [4.78, 5) is 17.8. The lowest BCUT2D eigenvalue weighted by Gasteiger charge is -2.41. The van der Waals surface area contributed by atoms with Gasteiger partial charge < -0.3 is 9.64 Å². The van der Waals surface area contributed by atoms with Crippen LogP contribution in [0.4, 0.5) is 0 Å². The molecular weight excluding hydrogens is 336 g/mol. The molecule has 0 radical (unpaired) electrons. The smallest absolute Gasteiger partial charge is 0.254 e. The number of fused-ring (bicyclic) bond motifs is 2. The summed E-state index contributed by atoms with van der Waals surface area (Å²) < 4.78 is 5.69. The van der Waals surface area contributed by atoms with Gasteiger partial charge in [0.05, 0.1) is 6.10 Å². The Morgan fingerprint density at radius 2 is 1.63 bits per heavy atom. The van der Waals surface area contributed by atoms with Crippen molar-refractivity contribution in [2.75, 3.05) is 13.1 Å². The number of benzene rings is 2. The van der Waals surface area contributed by atoms with Crippen LogP contribution in [-0.4, -0.2) is 47.0 Å². The lowest BCUT2D eigenvalue weighted by atomic mass is 10.1. The molecule has 2 aliphatic rings. The van der Waals surface area contributed by atoms with Crippen LogP contribution in [0.3, 0.4) is 0 Å². The van der Waals surface area contributed by atoms with E-state index in [0.29, 0.717) is 12.1 Å². The molecule has 2 unspecified atom stereocenters. The third kappa shape index (κ3) is 4.01. The van der Waals surface area contributed by atoms with Gasteiger partial charge >= 0.3 is 0 Å². The molecule has 2 heterocycles. The van der Waals surface area contributed by atoms with Gasteiger partial charge in [-0.15, -0.1) is 0 Å². The predicted octanol–water partition coefficient (Wildman–Crippen LogP) is 3.96. The number of ether oxygens (including phenoxy) is 1. The Morgan fingerprint density at radius 3 is 2.22 bits per heavy atom. The van der Waals surface area contributed by atoms with Crippen LogP contribution in [0, 0.1) is 0 Å². The minimum atomic E-state index is 0.139. The zero-order valence-electron chi connectivity index (χ0n) is 16.2. The maximum absolute atomic E-state index is 13.1. The van der Waals surface area contributed by atoms with Crippen molar-refractivity contribution < 1.29 is 9.53 Å². The van der Waals surface area contributed by atoms with Crippen LogP contribution in [0.15, 0.2) is 54.6 Å². The number of hydrogen-bond donors (Lipinski definition) is 0. The molecular formula is C23H28N2O2. The lowest BCUT2D eigenvalue weighted by Crippen LogP contribution is -2.55. The second kappa shape index (κ2) is 7.73. The second-order valence-corrected chi connectivity index (χ2v) is 7.97. The van der Waals surface area contributed by atoms with E-state index in [4.69, 9.17) is 4.74 Å². The predicted molar refractivity (Wildman–Crippen MR) is 107 cm³/mol. The molecule has 2 fully saturated rings. The molecule has 2 saturated heterocycles. The highest BCUT2D eigenvalue weighted by atomic mass is 16.5. The van der Waals surface area contributed by atoms with Gasteiger partial charge in [0.25, 0.3) is 5.91 Å². The van der Waals surface area contributed by atoms with Gasteiger partial charge in [0.15, 0.2) is 0 Å². The lowest BCUT2D eigenvalue weighted by molar-refractivity contribution is 0.0405. The van der Waals surface area contributed by atoms with E-state index in [1.54, 1.807) is 0 Å². The topological polar surface area (TPSA) is 32.8 Å². The van der Waals surface area contributed by atoms with E-state index >= 15 is 0 Å². The van der Waals surface area contributed by atoms with E-state index in [-0.39, 0.29) is 12.0 Å². The molecule has 0 spiro atoms. The molecule has 0 N–H and O–H groups in total. The summed E-state index contributed by atoms with van der Waals surface area (Å²) in [5.74, 6) is 0.982. The molecule has 4 heteroatoms. The Balaban J connectivity index is 1.42. The summed E-state index contributed by atoms with van der Waals surface area (Å²) in [5.41, 5.74) is 2.11. The summed E-state index contributed by atoms with van der Waals surface area (Å²) in [6.07, 6.45) is 2.35. The minimum Gasteiger partial charge on any atom is -0.491 e. The number of nitrogens with zero attached hydrogens (tertiary/aromatic N) is 2. The van der Waals surface area contributed by atoms with Crippen molar-refractivity contribution in [1.82, 2.24) is 9.80 Å². The summed E-state index contributed by atoms with van der Waals surface area (Å²) in [5, 5.41) is 0. The van der Waals surface area contributed by atoms with Gasteiger partial charge in [0, 0.05) is 37.3 Å². The number of piperazine rings is 1. The van der Waals surface area contributed by atoms with Crippen molar-refractivity contribution in [3.05, 3.63) is 65.7 Å². The molecule has 27 heavy (non-hydrogen) atoms. The standard InChI is InChI=1S/C23H28N2O2/c1-17(2)27-22-12-8-19(9-13-22)23(26)25-20-10-11-21(25)16-24(15-20)14-18-6-4-3-5-7-18/h3-9,12-13,17,20-21H,10-11,14-16H2,1-2H3. The average molecular weight is 364 g/mol. The van der Waals surface area contributed by atoms with Gasteiger partial charge in [0.2, 0.25) is 0 Å². The molecule has 2 aromatic rings. The average Bonchev–Trinajstić information content (AvgIpc) is 2.93. The summed E-state index contributed by atoms with van der Waals surface area (Å²) in [7, 11) is 0. The molecule has 2 aliphatic heterocycles. The number of carbonyl (C=O) groups excluding carboxylic acids is 1. The highest BCUT2D eigenvalue weighted by Crippen LogP contribution is 2.32. The molecule has 4 nitrogen and oxygen atoms in total. The first kappa shape index (κ1) is 18.1. The van der Waals surface area contributed by atoms with Crippen LogP contribution in [0.1, 0.15) is 42.6 Å². The largest absolute Gasteiger partial charge is 0.491 e. The minimum absolute atomic E-state index is 0.139. The van der Waals surface area contributed by atoms with Crippen molar-refractivity contribution >= 4 is 5.91 Å². The Labute approximate surface area is 161 Å². The monoisotopic (exact) mass is 364 g/mol. The Kier molecular flexibility index (Phi) is 5.17. The SMILES string of the molecule is CC(C)Oc1ccc(C(=O)N2C3CCC2CN(Cc2ccccc2)C3)cc1. The van der Waals surface area contributed by atoms with Gasteiger partial charge in [-0.2, -0.15) is 0 Å². The maximum atomic E-state index is 13.1. The zero-order chi connectivity index (χ0) is 18.8. The molecule has 2 bridgehead atoms. The van der Waals surface area contributed by atoms with E-state index < -0.39 is 0 Å². The molecule has 0 aliphatic carbocycles. The van der Waals surface area contributed by atoms with Crippen LogP contribution >= 0.6 is 0 Å². The first-order chi connectivity index (χ1) is 13.1. The van der Waals surface area contributed by atoms with Crippen LogP contribution < -0.4 is 4.74 Å². The molecule has 0 aromatic heterocycles. The van der Waals surface area contributed by atoms with Crippen molar-refractivity contribution in [3.8, 4) is 5.75 Å². The maximum Gasteiger partial charge on any atom is 0.254 e. The van der Waals surface area contributed by atoms with Gasteiger partial charge in [-0.1, -0.05) is 30.3 Å². The van der Waals surface area contributed by atoms with Gasteiger partial charge in [0.1, 0.15) is 5.75 Å². The van der Waals surface area contributed by atoms with Crippen molar-refractivity contribution in [3.63, 3.8) is 0 Å². The van der Waals surface area contributed by atoms with Crippen LogP contribution in [0.2, 0.25) is 0 Å². The first-order valence-corrected chi connectivity index (χ1v) is 9.96. The zero-order valence-corrected chi connectivity index (χ0v) is 16.2. The molecule has 2 aromatic carbocycles. The summed E-state index contributed by atoms with van der Waals surface area (Å²) in [6.45, 7) is 6.91. The number of carbonyl (C=O) groups is 1. The number of likely N-dealkylation sites (tertiary alicyclic amines) is 1. The molecule has 0 saturated carbocycles. The first-order valence-electron chi connectivity index (χ1n) is 9.96. The normalized spacial score (nSPS) is 22.3. The van der Waals surface area contributed by atoms with Crippen molar-refractivity contribution in [1.29, 1.82) is 0 Å². The van der Waals surface area contributed by atoms with E-state index in [1.165, 1.54) is 5.56 Å². The van der Waals surface area contributed by atoms with Gasteiger partial charge in [-0.3, -0.25) is 9.69 Å². The van der Waals surface area contributed by atoms with E-state index in [2.05, 4.69) is 40.1 Å². The summed E-state index contributed by atoms with van der Waals surface area (Å²) >= 11 is 0. The fourth-order valence-electron chi connectivity index (χ4n) is 4.39. The molecule has 1 amide bonds. The highest BCUT2D eigenvalue weighted by Gasteiger charge is 2.42. The van der Waals surface area contributed by atoms with Crippen molar-refractivity contribution in [2.45, 2.75) is 51.4 Å². The van der Waals surface area contributed by atoms with E-state index in [1.807, 2.05) is 38.1 Å². The van der Waals surface area contributed by atoms with Gasteiger partial charge in [-0.25, -0.2) is 0 Å². The van der Waals surface area contributed by atoms with Crippen LogP contribution in [0.25, 0.3) is 0 Å². The van der Waals surface area contributed by atoms with E-state index in [9.17, 15) is 4.79 Å². The number of rotatable bonds is 5. The Hall–Kier alpha value is -2.33. The van der Waals surface area contributed by atoms with Gasteiger partial charge in [-0.05, 0) is 56.5 Å². The quantitative estimate of drug-likeness (QED) is 0.805. The third-order valence-corrected chi connectivity index (χ3v) is 5.51. The molecule has 4 rings (SSSR count). The van der Waals surface area contributed by atoms with Crippen LogP contribution in [-0.2, 0) is 6.54 Å². The Bertz CT molecular complexity index is 759. The highest BCUT2D eigenvalue weighted by molar-refractivity contribution is 5.95. The number of hydrogen-bond acceptors (Lipinski definition) is 3. The summed E-state index contributed by atoms with van der Waals surface area (Å²) in [6, 6.07) is 18.9. The Morgan fingerprint density at radius 1 is 1.00 bits per heavy atom. The second-order valence-electron chi connectivity index (χ2n) is 7.97. The van der Waals surface area contributed by atoms with Crippen molar-refractivity contribution in [2.24, 2.45) is 0 Å².